The zero-order valence-corrected chi connectivity index (χ0v) is 11.2. The lowest BCUT2D eigenvalue weighted by molar-refractivity contribution is 0.667. The molecular formula is C14H14ClNS. The second-order valence-corrected chi connectivity index (χ2v) is 5.29. The predicted octanol–water partition coefficient (Wildman–Crippen LogP) is 4.20. The highest BCUT2D eigenvalue weighted by Gasteiger charge is 2.17. The minimum absolute atomic E-state index is 0.766. The van der Waals surface area contributed by atoms with Crippen LogP contribution in [0.2, 0.25) is 5.02 Å². The Morgan fingerprint density at radius 1 is 1.24 bits per heavy atom. The Morgan fingerprint density at radius 2 is 2.06 bits per heavy atom. The van der Waals surface area contributed by atoms with Crippen molar-refractivity contribution in [1.29, 1.82) is 0 Å². The van der Waals surface area contributed by atoms with Crippen molar-refractivity contribution in [3.05, 3.63) is 40.0 Å². The van der Waals surface area contributed by atoms with E-state index in [1.165, 1.54) is 35.0 Å². The maximum absolute atomic E-state index is 6.08. The first kappa shape index (κ1) is 11.4. The minimum atomic E-state index is 0.766. The van der Waals surface area contributed by atoms with Gasteiger partial charge in [-0.05, 0) is 55.0 Å². The van der Waals surface area contributed by atoms with E-state index in [9.17, 15) is 0 Å². The highest BCUT2D eigenvalue weighted by atomic mass is 35.5. The highest BCUT2D eigenvalue weighted by Crippen LogP contribution is 2.31. The van der Waals surface area contributed by atoms with Crippen LogP contribution in [0.15, 0.2) is 18.2 Å². The number of pyridine rings is 1. The van der Waals surface area contributed by atoms with E-state index in [2.05, 4.69) is 12.6 Å². The van der Waals surface area contributed by atoms with E-state index in [1.54, 1.807) is 0 Å². The number of halogens is 1. The van der Waals surface area contributed by atoms with Gasteiger partial charge < -0.3 is 0 Å². The molecule has 1 nitrogen and oxygen atoms in total. The van der Waals surface area contributed by atoms with Crippen molar-refractivity contribution < 1.29 is 0 Å². The van der Waals surface area contributed by atoms with Gasteiger partial charge in [0.1, 0.15) is 0 Å². The van der Waals surface area contributed by atoms with Crippen LogP contribution in [0.3, 0.4) is 0 Å². The zero-order chi connectivity index (χ0) is 11.8. The fourth-order valence-electron chi connectivity index (χ4n) is 2.67. The highest BCUT2D eigenvalue weighted by molar-refractivity contribution is 7.79. The maximum Gasteiger partial charge on any atom is 0.0709 e. The molecule has 3 rings (SSSR count). The normalized spacial score (nSPS) is 14.9. The summed E-state index contributed by atoms with van der Waals surface area (Å²) in [5, 5.41) is 1.95. The SMILES string of the molecule is SCc1c2c(nc3ccc(Cl)cc13)CCCC2. The molecule has 0 radical (unpaired) electrons. The molecule has 0 aliphatic heterocycles. The van der Waals surface area contributed by atoms with Gasteiger partial charge in [0.25, 0.3) is 0 Å². The molecule has 0 saturated carbocycles. The van der Waals surface area contributed by atoms with E-state index >= 15 is 0 Å². The number of fused-ring (bicyclic) bond motifs is 2. The van der Waals surface area contributed by atoms with E-state index in [-0.39, 0.29) is 0 Å². The standard InChI is InChI=1S/C14H14ClNS/c15-9-5-6-14-11(7-9)12(8-17)10-3-1-2-4-13(10)16-14/h5-7,17H,1-4,8H2. The molecule has 0 atom stereocenters. The van der Waals surface area contributed by atoms with Gasteiger partial charge in [-0.2, -0.15) is 12.6 Å². The number of aryl methyl sites for hydroxylation is 1. The molecule has 0 N–H and O–H groups in total. The van der Waals surface area contributed by atoms with E-state index in [0.29, 0.717) is 0 Å². The third kappa shape index (κ3) is 1.94. The second-order valence-electron chi connectivity index (χ2n) is 4.54. The summed E-state index contributed by atoms with van der Waals surface area (Å²) in [6, 6.07) is 5.94. The Bertz CT molecular complexity index is 580. The number of rotatable bonds is 1. The van der Waals surface area contributed by atoms with E-state index in [0.717, 1.165) is 29.1 Å². The number of benzene rings is 1. The quantitative estimate of drug-likeness (QED) is 0.761. The smallest absolute Gasteiger partial charge is 0.0709 e. The average molecular weight is 264 g/mol. The van der Waals surface area contributed by atoms with Crippen LogP contribution in [0.1, 0.15) is 29.7 Å². The van der Waals surface area contributed by atoms with E-state index in [4.69, 9.17) is 16.6 Å². The van der Waals surface area contributed by atoms with Gasteiger partial charge in [0.2, 0.25) is 0 Å². The molecule has 3 heteroatoms. The molecule has 1 aliphatic carbocycles. The Balaban J connectivity index is 2.35. The van der Waals surface area contributed by atoms with E-state index < -0.39 is 0 Å². The van der Waals surface area contributed by atoms with Crippen molar-refractivity contribution in [2.45, 2.75) is 31.4 Å². The van der Waals surface area contributed by atoms with Crippen LogP contribution >= 0.6 is 24.2 Å². The van der Waals surface area contributed by atoms with Crippen LogP contribution in [-0.2, 0) is 18.6 Å². The van der Waals surface area contributed by atoms with Crippen molar-refractivity contribution in [3.63, 3.8) is 0 Å². The van der Waals surface area contributed by atoms with Gasteiger partial charge in [-0.25, -0.2) is 0 Å². The summed E-state index contributed by atoms with van der Waals surface area (Å²) >= 11 is 10.6. The summed E-state index contributed by atoms with van der Waals surface area (Å²) < 4.78 is 0. The van der Waals surface area contributed by atoms with Crippen LogP contribution < -0.4 is 0 Å². The van der Waals surface area contributed by atoms with Gasteiger partial charge in [0.05, 0.1) is 5.52 Å². The Hall–Kier alpha value is -0.730. The topological polar surface area (TPSA) is 12.9 Å². The third-order valence-electron chi connectivity index (χ3n) is 3.50. The fourth-order valence-corrected chi connectivity index (χ4v) is 3.21. The summed E-state index contributed by atoms with van der Waals surface area (Å²) in [5.41, 5.74) is 5.07. The molecule has 1 heterocycles. The fraction of sp³-hybridized carbons (Fsp3) is 0.357. The summed E-state index contributed by atoms with van der Waals surface area (Å²) in [7, 11) is 0. The van der Waals surface area contributed by atoms with Gasteiger partial charge >= 0.3 is 0 Å². The number of aromatic nitrogens is 1. The molecule has 0 bridgehead atoms. The Kier molecular flexibility index (Phi) is 3.01. The summed E-state index contributed by atoms with van der Waals surface area (Å²) in [5.74, 6) is 0.766. The van der Waals surface area contributed by atoms with Crippen molar-refractivity contribution in [1.82, 2.24) is 4.98 Å². The molecule has 0 unspecified atom stereocenters. The van der Waals surface area contributed by atoms with Gasteiger partial charge in [-0.15, -0.1) is 0 Å². The second kappa shape index (κ2) is 4.51. The number of hydrogen-bond donors (Lipinski definition) is 1. The number of hydrogen-bond acceptors (Lipinski definition) is 2. The van der Waals surface area contributed by atoms with E-state index in [1.807, 2.05) is 18.2 Å². The van der Waals surface area contributed by atoms with Crippen molar-refractivity contribution in [2.24, 2.45) is 0 Å². The Morgan fingerprint density at radius 3 is 2.88 bits per heavy atom. The lowest BCUT2D eigenvalue weighted by atomic mass is 9.90. The lowest BCUT2D eigenvalue weighted by Crippen LogP contribution is -2.09. The van der Waals surface area contributed by atoms with Crippen molar-refractivity contribution in [2.75, 3.05) is 0 Å². The van der Waals surface area contributed by atoms with Gasteiger partial charge in [0, 0.05) is 21.9 Å². The molecule has 1 aromatic heterocycles. The largest absolute Gasteiger partial charge is 0.253 e. The molecule has 1 aliphatic rings. The molecular weight excluding hydrogens is 250 g/mol. The summed E-state index contributed by atoms with van der Waals surface area (Å²) in [6.45, 7) is 0. The van der Waals surface area contributed by atoms with Crippen LogP contribution in [0, 0.1) is 0 Å². The first-order chi connectivity index (χ1) is 8.29. The molecule has 17 heavy (non-hydrogen) atoms. The van der Waals surface area contributed by atoms with Crippen LogP contribution in [0.25, 0.3) is 10.9 Å². The molecule has 0 saturated heterocycles. The van der Waals surface area contributed by atoms with Crippen molar-refractivity contribution >= 4 is 35.1 Å². The van der Waals surface area contributed by atoms with Crippen LogP contribution in [0.4, 0.5) is 0 Å². The van der Waals surface area contributed by atoms with Crippen molar-refractivity contribution in [3.8, 4) is 0 Å². The first-order valence-corrected chi connectivity index (χ1v) is 7.01. The van der Waals surface area contributed by atoms with Gasteiger partial charge in [0.15, 0.2) is 0 Å². The van der Waals surface area contributed by atoms with Crippen LogP contribution in [0.5, 0.6) is 0 Å². The molecule has 1 aromatic carbocycles. The van der Waals surface area contributed by atoms with Crippen LogP contribution in [-0.4, -0.2) is 4.98 Å². The van der Waals surface area contributed by atoms with Gasteiger partial charge in [-0.3, -0.25) is 4.98 Å². The third-order valence-corrected chi connectivity index (χ3v) is 4.05. The maximum atomic E-state index is 6.08. The molecule has 88 valence electrons. The average Bonchev–Trinajstić information content (AvgIpc) is 2.36. The molecule has 0 spiro atoms. The minimum Gasteiger partial charge on any atom is -0.253 e. The van der Waals surface area contributed by atoms with Gasteiger partial charge in [-0.1, -0.05) is 11.6 Å². The molecule has 0 fully saturated rings. The monoisotopic (exact) mass is 263 g/mol. The summed E-state index contributed by atoms with van der Waals surface area (Å²) in [6.07, 6.45) is 4.77. The zero-order valence-electron chi connectivity index (χ0n) is 9.54. The number of thiol groups is 1. The number of nitrogens with zero attached hydrogens (tertiary/aromatic N) is 1. The predicted molar refractivity (Wildman–Crippen MR) is 76.1 cm³/mol. The lowest BCUT2D eigenvalue weighted by Gasteiger charge is -2.20. The molecule has 0 amide bonds. The Labute approximate surface area is 112 Å². The molecule has 2 aromatic rings. The summed E-state index contributed by atoms with van der Waals surface area (Å²) in [4.78, 5) is 4.77. The first-order valence-electron chi connectivity index (χ1n) is 6.00.